The number of carbonyl (C=O) groups is 2. The van der Waals surface area contributed by atoms with Gasteiger partial charge in [-0.15, -0.1) is 0 Å². The molecule has 6 nitrogen and oxygen atoms in total. The number of carbonyl (C=O) groups excluding carboxylic acids is 2. The molecular formula is C19H20ClFN4O2. The minimum Gasteiger partial charge on any atom is -0.383 e. The summed E-state index contributed by atoms with van der Waals surface area (Å²) in [6.07, 6.45) is 3.70. The second-order valence-electron chi connectivity index (χ2n) is 6.59. The van der Waals surface area contributed by atoms with Gasteiger partial charge >= 0.3 is 11.8 Å². The number of nitrogens with two attached hydrogens (primary N) is 1. The van der Waals surface area contributed by atoms with E-state index in [-0.39, 0.29) is 5.02 Å². The number of hydrogen-bond donors (Lipinski definition) is 2. The third kappa shape index (κ3) is 4.36. The lowest BCUT2D eigenvalue weighted by atomic mass is 9.95. The van der Waals surface area contributed by atoms with Crippen molar-refractivity contribution in [2.75, 3.05) is 17.6 Å². The number of rotatable bonds is 2. The number of likely N-dealkylation sites (tertiary alicyclic amines) is 1. The first kappa shape index (κ1) is 19.1. The SMILES string of the molecule is Cc1cc(NC(=O)C(=O)N2CCCC[C@H]2c2cc(F)cc(Cl)c2)cnc1N. The van der Waals surface area contributed by atoms with Crippen LogP contribution >= 0.6 is 11.6 Å². The molecule has 1 aliphatic rings. The molecule has 0 bridgehead atoms. The fourth-order valence-corrected chi connectivity index (χ4v) is 3.49. The number of halogens is 2. The number of benzene rings is 1. The van der Waals surface area contributed by atoms with Gasteiger partial charge in [-0.05, 0) is 61.6 Å². The highest BCUT2D eigenvalue weighted by molar-refractivity contribution is 6.39. The molecular weight excluding hydrogens is 371 g/mol. The summed E-state index contributed by atoms with van der Waals surface area (Å²) in [6.45, 7) is 2.18. The molecule has 1 atom stereocenters. The Bertz CT molecular complexity index is 870. The molecule has 27 heavy (non-hydrogen) atoms. The van der Waals surface area contributed by atoms with Crippen molar-refractivity contribution in [3.05, 3.63) is 52.4 Å². The van der Waals surface area contributed by atoms with E-state index >= 15 is 0 Å². The summed E-state index contributed by atoms with van der Waals surface area (Å²) < 4.78 is 13.7. The van der Waals surface area contributed by atoms with Crippen LogP contribution in [0.4, 0.5) is 15.9 Å². The number of nitrogens with zero attached hydrogens (tertiary/aromatic N) is 2. The van der Waals surface area contributed by atoms with Gasteiger partial charge in [-0.25, -0.2) is 9.37 Å². The van der Waals surface area contributed by atoms with Crippen LogP contribution in [0.2, 0.25) is 5.02 Å². The molecule has 2 aromatic rings. The average Bonchev–Trinajstić information content (AvgIpc) is 2.63. The fraction of sp³-hybridized carbons (Fsp3) is 0.316. The van der Waals surface area contributed by atoms with Crippen LogP contribution < -0.4 is 11.1 Å². The number of nitrogens with one attached hydrogen (secondary N) is 1. The summed E-state index contributed by atoms with van der Waals surface area (Å²) >= 11 is 5.95. The molecule has 0 spiro atoms. The Kier molecular flexibility index (Phi) is 5.60. The minimum atomic E-state index is -0.768. The summed E-state index contributed by atoms with van der Waals surface area (Å²) in [5, 5.41) is 2.81. The smallest absolute Gasteiger partial charge is 0.313 e. The zero-order chi connectivity index (χ0) is 19.6. The minimum absolute atomic E-state index is 0.260. The van der Waals surface area contributed by atoms with E-state index < -0.39 is 23.7 Å². The quantitative estimate of drug-likeness (QED) is 0.768. The highest BCUT2D eigenvalue weighted by atomic mass is 35.5. The topological polar surface area (TPSA) is 88.3 Å². The lowest BCUT2D eigenvalue weighted by Gasteiger charge is -2.35. The molecule has 3 N–H and O–H groups in total. The van der Waals surface area contributed by atoms with E-state index in [2.05, 4.69) is 10.3 Å². The number of aromatic nitrogens is 1. The first-order valence-corrected chi connectivity index (χ1v) is 9.03. The molecule has 1 fully saturated rings. The molecule has 1 aliphatic heterocycles. The second-order valence-corrected chi connectivity index (χ2v) is 7.03. The maximum atomic E-state index is 13.7. The van der Waals surface area contributed by atoms with Gasteiger partial charge in [0.25, 0.3) is 0 Å². The molecule has 2 amide bonds. The number of nitrogen functional groups attached to an aromatic ring is 1. The zero-order valence-electron chi connectivity index (χ0n) is 14.8. The van der Waals surface area contributed by atoms with E-state index in [0.717, 1.165) is 12.8 Å². The van der Waals surface area contributed by atoms with Gasteiger partial charge in [-0.2, -0.15) is 0 Å². The van der Waals surface area contributed by atoms with E-state index in [9.17, 15) is 14.0 Å². The highest BCUT2D eigenvalue weighted by Gasteiger charge is 2.32. The Hall–Kier alpha value is -2.67. The molecule has 0 radical (unpaired) electrons. The van der Waals surface area contributed by atoms with Crippen molar-refractivity contribution in [3.63, 3.8) is 0 Å². The lowest BCUT2D eigenvalue weighted by Crippen LogP contribution is -2.44. The van der Waals surface area contributed by atoms with Crippen molar-refractivity contribution in [3.8, 4) is 0 Å². The largest absolute Gasteiger partial charge is 0.383 e. The van der Waals surface area contributed by atoms with Crippen LogP contribution in [0.1, 0.15) is 36.4 Å². The van der Waals surface area contributed by atoms with Gasteiger partial charge in [0.05, 0.1) is 17.9 Å². The normalized spacial score (nSPS) is 16.9. The van der Waals surface area contributed by atoms with Gasteiger partial charge in [-0.3, -0.25) is 9.59 Å². The van der Waals surface area contributed by atoms with Crippen molar-refractivity contribution < 1.29 is 14.0 Å². The zero-order valence-corrected chi connectivity index (χ0v) is 15.6. The summed E-state index contributed by atoms with van der Waals surface area (Å²) in [7, 11) is 0. The molecule has 0 aliphatic carbocycles. The van der Waals surface area contributed by atoms with E-state index in [1.807, 2.05) is 0 Å². The van der Waals surface area contributed by atoms with Crippen LogP contribution in [0.15, 0.2) is 30.5 Å². The summed E-state index contributed by atoms with van der Waals surface area (Å²) in [4.78, 5) is 30.6. The molecule has 0 unspecified atom stereocenters. The Morgan fingerprint density at radius 2 is 2.07 bits per heavy atom. The Balaban J connectivity index is 1.80. The maximum Gasteiger partial charge on any atom is 0.313 e. The fourth-order valence-electron chi connectivity index (χ4n) is 3.26. The summed E-state index contributed by atoms with van der Waals surface area (Å²) in [5.41, 5.74) is 7.34. The standard InChI is InChI=1S/C19H20ClFN4O2/c1-11-6-15(10-23-17(11)22)24-18(26)19(27)25-5-3-2-4-16(25)12-7-13(20)9-14(21)8-12/h6-10,16H,2-5H2,1H3,(H2,22,23)(H,24,26)/t16-/m0/s1. The van der Waals surface area contributed by atoms with Gasteiger partial charge in [0.2, 0.25) is 0 Å². The molecule has 1 aromatic heterocycles. The van der Waals surface area contributed by atoms with Crippen molar-refractivity contribution >= 4 is 34.9 Å². The lowest BCUT2D eigenvalue weighted by molar-refractivity contribution is -0.145. The molecule has 0 saturated carbocycles. The van der Waals surface area contributed by atoms with Crippen LogP contribution in [0.3, 0.4) is 0 Å². The van der Waals surface area contributed by atoms with E-state index in [1.54, 1.807) is 19.1 Å². The second kappa shape index (κ2) is 7.92. The van der Waals surface area contributed by atoms with E-state index in [0.29, 0.717) is 35.6 Å². The van der Waals surface area contributed by atoms with Crippen molar-refractivity contribution in [1.29, 1.82) is 0 Å². The van der Waals surface area contributed by atoms with Crippen LogP contribution in [0.25, 0.3) is 0 Å². The molecule has 3 rings (SSSR count). The highest BCUT2D eigenvalue weighted by Crippen LogP contribution is 2.33. The molecule has 1 saturated heterocycles. The number of aryl methyl sites for hydroxylation is 1. The van der Waals surface area contributed by atoms with Crippen molar-refractivity contribution in [1.82, 2.24) is 9.88 Å². The van der Waals surface area contributed by atoms with E-state index in [1.165, 1.54) is 23.2 Å². The third-order valence-corrected chi connectivity index (χ3v) is 4.82. The average molecular weight is 391 g/mol. The number of pyridine rings is 1. The van der Waals surface area contributed by atoms with Gasteiger partial charge in [-0.1, -0.05) is 11.6 Å². The van der Waals surface area contributed by atoms with Gasteiger partial charge in [0.1, 0.15) is 11.6 Å². The van der Waals surface area contributed by atoms with Crippen LogP contribution in [0, 0.1) is 12.7 Å². The summed E-state index contributed by atoms with van der Waals surface area (Å²) in [5.74, 6) is -1.55. The number of amides is 2. The Labute approximate surface area is 161 Å². The predicted molar refractivity (Wildman–Crippen MR) is 102 cm³/mol. The van der Waals surface area contributed by atoms with Gasteiger partial charge < -0.3 is 16.0 Å². The molecule has 2 heterocycles. The van der Waals surface area contributed by atoms with Gasteiger partial charge in [0.15, 0.2) is 0 Å². The van der Waals surface area contributed by atoms with Crippen molar-refractivity contribution in [2.45, 2.75) is 32.2 Å². The monoisotopic (exact) mass is 390 g/mol. The van der Waals surface area contributed by atoms with Crippen LogP contribution in [0.5, 0.6) is 0 Å². The Morgan fingerprint density at radius 1 is 1.30 bits per heavy atom. The first-order chi connectivity index (χ1) is 12.8. The van der Waals surface area contributed by atoms with Crippen LogP contribution in [-0.2, 0) is 9.59 Å². The Morgan fingerprint density at radius 3 is 2.78 bits per heavy atom. The molecule has 1 aromatic carbocycles. The first-order valence-electron chi connectivity index (χ1n) is 8.65. The third-order valence-electron chi connectivity index (χ3n) is 4.60. The molecule has 142 valence electrons. The number of anilines is 2. The van der Waals surface area contributed by atoms with Gasteiger partial charge in [0, 0.05) is 11.6 Å². The predicted octanol–water partition coefficient (Wildman–Crippen LogP) is 3.46. The summed E-state index contributed by atoms with van der Waals surface area (Å²) in [6, 6.07) is 5.45. The van der Waals surface area contributed by atoms with Crippen LogP contribution in [-0.4, -0.2) is 28.2 Å². The number of piperidine rings is 1. The molecule has 8 heteroatoms. The number of hydrogen-bond acceptors (Lipinski definition) is 4. The van der Waals surface area contributed by atoms with Crippen molar-refractivity contribution in [2.24, 2.45) is 0 Å². The van der Waals surface area contributed by atoms with E-state index in [4.69, 9.17) is 17.3 Å². The maximum absolute atomic E-state index is 13.7.